The normalized spacial score (nSPS) is 23.2. The zero-order chi connectivity index (χ0) is 10.6. The fraction of sp³-hybridized carbons (Fsp3) is 0.909. The third kappa shape index (κ3) is 4.61. The SMILES string of the molecule is CC(C)(C)NC(=O)C[C@@H]1CCCCN1. The number of rotatable bonds is 2. The largest absolute Gasteiger partial charge is 0.351 e. The van der Waals surface area contributed by atoms with Crippen molar-refractivity contribution in [2.24, 2.45) is 0 Å². The van der Waals surface area contributed by atoms with Crippen LogP contribution in [-0.4, -0.2) is 24.0 Å². The molecule has 1 aliphatic heterocycles. The quantitative estimate of drug-likeness (QED) is 0.705. The van der Waals surface area contributed by atoms with Crippen LogP contribution in [0.4, 0.5) is 0 Å². The Morgan fingerprint density at radius 3 is 2.64 bits per heavy atom. The molecule has 0 bridgehead atoms. The van der Waals surface area contributed by atoms with E-state index in [4.69, 9.17) is 0 Å². The predicted octanol–water partition coefficient (Wildman–Crippen LogP) is 1.43. The molecular formula is C11H22N2O. The van der Waals surface area contributed by atoms with Gasteiger partial charge in [0.25, 0.3) is 0 Å². The molecule has 0 unspecified atom stereocenters. The second kappa shape index (κ2) is 4.78. The van der Waals surface area contributed by atoms with Gasteiger partial charge in [-0.1, -0.05) is 6.42 Å². The van der Waals surface area contributed by atoms with E-state index in [0.717, 1.165) is 13.0 Å². The standard InChI is InChI=1S/C11H22N2O/c1-11(2,3)13-10(14)8-9-6-4-5-7-12-9/h9,12H,4-8H2,1-3H3,(H,13,14)/t9-/m0/s1. The van der Waals surface area contributed by atoms with E-state index in [9.17, 15) is 4.79 Å². The van der Waals surface area contributed by atoms with Crippen LogP contribution in [0, 0.1) is 0 Å². The summed E-state index contributed by atoms with van der Waals surface area (Å²) in [5.41, 5.74) is -0.105. The van der Waals surface area contributed by atoms with Gasteiger partial charge in [-0.05, 0) is 40.2 Å². The van der Waals surface area contributed by atoms with Crippen LogP contribution in [0.2, 0.25) is 0 Å². The van der Waals surface area contributed by atoms with Crippen molar-refractivity contribution in [1.29, 1.82) is 0 Å². The van der Waals surface area contributed by atoms with Gasteiger partial charge in [-0.3, -0.25) is 4.79 Å². The van der Waals surface area contributed by atoms with Crippen molar-refractivity contribution in [2.75, 3.05) is 6.54 Å². The van der Waals surface area contributed by atoms with Crippen molar-refractivity contribution in [3.05, 3.63) is 0 Å². The second-order valence-corrected chi connectivity index (χ2v) is 5.15. The lowest BCUT2D eigenvalue weighted by Crippen LogP contribution is -2.44. The number of piperidine rings is 1. The van der Waals surface area contributed by atoms with E-state index in [1.54, 1.807) is 0 Å². The molecule has 1 aliphatic rings. The van der Waals surface area contributed by atoms with Gasteiger partial charge in [0.1, 0.15) is 0 Å². The summed E-state index contributed by atoms with van der Waals surface area (Å²) in [5, 5.41) is 6.36. The molecule has 0 aromatic rings. The van der Waals surface area contributed by atoms with Crippen molar-refractivity contribution >= 4 is 5.91 Å². The molecule has 3 heteroatoms. The first-order valence-corrected chi connectivity index (χ1v) is 5.52. The maximum atomic E-state index is 11.6. The Balaban J connectivity index is 2.25. The van der Waals surface area contributed by atoms with E-state index in [1.165, 1.54) is 12.8 Å². The molecule has 3 nitrogen and oxygen atoms in total. The molecule has 82 valence electrons. The first-order valence-electron chi connectivity index (χ1n) is 5.52. The predicted molar refractivity (Wildman–Crippen MR) is 58.2 cm³/mol. The van der Waals surface area contributed by atoms with Crippen LogP contribution in [0.3, 0.4) is 0 Å². The molecule has 0 aromatic carbocycles. The van der Waals surface area contributed by atoms with Gasteiger partial charge in [-0.2, -0.15) is 0 Å². The molecule has 1 atom stereocenters. The first kappa shape index (κ1) is 11.5. The molecule has 0 spiro atoms. The van der Waals surface area contributed by atoms with Crippen LogP contribution >= 0.6 is 0 Å². The Labute approximate surface area is 86.6 Å². The summed E-state index contributed by atoms with van der Waals surface area (Å²) in [6.45, 7) is 7.10. The Bertz CT molecular complexity index is 190. The third-order valence-corrected chi connectivity index (χ3v) is 2.36. The number of hydrogen-bond donors (Lipinski definition) is 2. The van der Waals surface area contributed by atoms with Crippen molar-refractivity contribution in [1.82, 2.24) is 10.6 Å². The molecule has 0 radical (unpaired) electrons. The summed E-state index contributed by atoms with van der Waals surface area (Å²) >= 11 is 0. The molecule has 0 saturated carbocycles. The molecule has 1 heterocycles. The van der Waals surface area contributed by atoms with E-state index in [0.29, 0.717) is 12.5 Å². The summed E-state index contributed by atoms with van der Waals surface area (Å²) in [6, 6.07) is 0.395. The number of hydrogen-bond acceptors (Lipinski definition) is 2. The van der Waals surface area contributed by atoms with Crippen LogP contribution in [0.15, 0.2) is 0 Å². The fourth-order valence-corrected chi connectivity index (χ4v) is 1.79. The number of carbonyl (C=O) groups is 1. The maximum absolute atomic E-state index is 11.6. The second-order valence-electron chi connectivity index (χ2n) is 5.15. The zero-order valence-electron chi connectivity index (χ0n) is 9.52. The van der Waals surface area contributed by atoms with E-state index in [2.05, 4.69) is 10.6 Å². The lowest BCUT2D eigenvalue weighted by Gasteiger charge is -2.26. The Kier molecular flexibility index (Phi) is 3.93. The number of carbonyl (C=O) groups excluding carboxylic acids is 1. The molecule has 14 heavy (non-hydrogen) atoms. The molecular weight excluding hydrogens is 176 g/mol. The topological polar surface area (TPSA) is 41.1 Å². The van der Waals surface area contributed by atoms with Crippen molar-refractivity contribution in [2.45, 2.75) is 58.0 Å². The van der Waals surface area contributed by atoms with Crippen molar-refractivity contribution in [3.8, 4) is 0 Å². The summed E-state index contributed by atoms with van der Waals surface area (Å²) < 4.78 is 0. The van der Waals surface area contributed by atoms with Gasteiger partial charge in [0, 0.05) is 18.0 Å². The minimum Gasteiger partial charge on any atom is -0.351 e. The first-order chi connectivity index (χ1) is 6.47. The molecule has 1 saturated heterocycles. The lowest BCUT2D eigenvalue weighted by molar-refractivity contribution is -0.123. The van der Waals surface area contributed by atoms with Gasteiger partial charge in [0.15, 0.2) is 0 Å². The highest BCUT2D eigenvalue weighted by Gasteiger charge is 2.19. The molecule has 2 N–H and O–H groups in total. The zero-order valence-corrected chi connectivity index (χ0v) is 9.52. The van der Waals surface area contributed by atoms with E-state index >= 15 is 0 Å². The molecule has 1 rings (SSSR count). The maximum Gasteiger partial charge on any atom is 0.221 e. The monoisotopic (exact) mass is 198 g/mol. The Morgan fingerprint density at radius 2 is 2.14 bits per heavy atom. The number of nitrogens with one attached hydrogen (secondary N) is 2. The van der Waals surface area contributed by atoms with Crippen LogP contribution in [0.25, 0.3) is 0 Å². The number of amides is 1. The summed E-state index contributed by atoms with van der Waals surface area (Å²) in [6.07, 6.45) is 4.26. The third-order valence-electron chi connectivity index (χ3n) is 2.36. The van der Waals surface area contributed by atoms with Crippen LogP contribution in [0.1, 0.15) is 46.5 Å². The molecule has 0 aromatic heterocycles. The smallest absolute Gasteiger partial charge is 0.221 e. The fourth-order valence-electron chi connectivity index (χ4n) is 1.79. The average Bonchev–Trinajstić information content (AvgIpc) is 2.02. The van der Waals surface area contributed by atoms with Gasteiger partial charge in [0.2, 0.25) is 5.91 Å². The van der Waals surface area contributed by atoms with Gasteiger partial charge >= 0.3 is 0 Å². The highest BCUT2D eigenvalue weighted by atomic mass is 16.1. The minimum atomic E-state index is -0.105. The van der Waals surface area contributed by atoms with Crippen molar-refractivity contribution in [3.63, 3.8) is 0 Å². The van der Waals surface area contributed by atoms with E-state index in [-0.39, 0.29) is 11.4 Å². The van der Waals surface area contributed by atoms with E-state index < -0.39 is 0 Å². The van der Waals surface area contributed by atoms with Gasteiger partial charge < -0.3 is 10.6 Å². The van der Waals surface area contributed by atoms with Gasteiger partial charge in [-0.25, -0.2) is 0 Å². The lowest BCUT2D eigenvalue weighted by atomic mass is 10.0. The summed E-state index contributed by atoms with van der Waals surface area (Å²) in [7, 11) is 0. The van der Waals surface area contributed by atoms with Gasteiger partial charge in [-0.15, -0.1) is 0 Å². The van der Waals surface area contributed by atoms with Crippen LogP contribution < -0.4 is 10.6 Å². The van der Waals surface area contributed by atoms with E-state index in [1.807, 2.05) is 20.8 Å². The van der Waals surface area contributed by atoms with Crippen LogP contribution in [-0.2, 0) is 4.79 Å². The minimum absolute atomic E-state index is 0.105. The highest BCUT2D eigenvalue weighted by Crippen LogP contribution is 2.10. The van der Waals surface area contributed by atoms with Gasteiger partial charge in [0.05, 0.1) is 0 Å². The summed E-state index contributed by atoms with van der Waals surface area (Å²) in [5.74, 6) is 0.164. The summed E-state index contributed by atoms with van der Waals surface area (Å²) in [4.78, 5) is 11.6. The molecule has 0 aliphatic carbocycles. The Hall–Kier alpha value is -0.570. The molecule has 1 fully saturated rings. The van der Waals surface area contributed by atoms with Crippen LogP contribution in [0.5, 0.6) is 0 Å². The Morgan fingerprint density at radius 1 is 1.43 bits per heavy atom. The molecule has 1 amide bonds. The highest BCUT2D eigenvalue weighted by molar-refractivity contribution is 5.77. The van der Waals surface area contributed by atoms with Crippen molar-refractivity contribution < 1.29 is 4.79 Å². The average molecular weight is 198 g/mol.